The van der Waals surface area contributed by atoms with Crippen LogP contribution in [0.3, 0.4) is 0 Å². The van der Waals surface area contributed by atoms with Gasteiger partial charge in [0.1, 0.15) is 0 Å². The molecule has 0 heterocycles. The van der Waals surface area contributed by atoms with Gasteiger partial charge in [-0.05, 0) is 44.3 Å². The first-order valence-corrected chi connectivity index (χ1v) is 5.44. The molecule has 82 valence electrons. The second-order valence-electron chi connectivity index (χ2n) is 4.97. The summed E-state index contributed by atoms with van der Waals surface area (Å²) >= 11 is 0. The van der Waals surface area contributed by atoms with E-state index in [2.05, 4.69) is 26.8 Å². The molecule has 1 aliphatic carbocycles. The Kier molecular flexibility index (Phi) is 3.33. The van der Waals surface area contributed by atoms with Crippen LogP contribution < -0.4 is 0 Å². The maximum atomic E-state index is 12.0. The summed E-state index contributed by atoms with van der Waals surface area (Å²) in [6, 6.07) is 0. The van der Waals surface area contributed by atoms with Crippen molar-refractivity contribution in [3.05, 3.63) is 34.9 Å². The molecule has 0 aromatic rings. The fourth-order valence-corrected chi connectivity index (χ4v) is 2.57. The van der Waals surface area contributed by atoms with Crippen LogP contribution in [0.15, 0.2) is 34.9 Å². The van der Waals surface area contributed by atoms with E-state index in [9.17, 15) is 4.79 Å². The number of hydrogen-bond donors (Lipinski definition) is 0. The molecule has 0 fully saturated rings. The standard InChI is InChI=1S/C14H20O/c1-6-7-12(15)13-11(3)8-10(2)9-14(13,4)5/h6-8H,9H2,1-5H3/b7-6+. The van der Waals surface area contributed by atoms with Gasteiger partial charge in [-0.2, -0.15) is 0 Å². The van der Waals surface area contributed by atoms with Crippen molar-refractivity contribution in [3.8, 4) is 0 Å². The molecule has 1 aliphatic rings. The van der Waals surface area contributed by atoms with Crippen LogP contribution in [0.5, 0.6) is 0 Å². The van der Waals surface area contributed by atoms with Crippen LogP contribution in [0.2, 0.25) is 0 Å². The highest BCUT2D eigenvalue weighted by molar-refractivity contribution is 6.05. The van der Waals surface area contributed by atoms with Gasteiger partial charge >= 0.3 is 0 Å². The number of carbonyl (C=O) groups is 1. The van der Waals surface area contributed by atoms with Crippen LogP contribution in [0.25, 0.3) is 0 Å². The van der Waals surface area contributed by atoms with Crippen LogP contribution in [-0.4, -0.2) is 5.78 Å². The van der Waals surface area contributed by atoms with E-state index >= 15 is 0 Å². The lowest BCUT2D eigenvalue weighted by Gasteiger charge is -2.32. The van der Waals surface area contributed by atoms with E-state index in [1.807, 2.05) is 19.9 Å². The lowest BCUT2D eigenvalue weighted by atomic mass is 9.71. The van der Waals surface area contributed by atoms with Gasteiger partial charge in [0.05, 0.1) is 0 Å². The van der Waals surface area contributed by atoms with E-state index in [4.69, 9.17) is 0 Å². The summed E-state index contributed by atoms with van der Waals surface area (Å²) in [4.78, 5) is 12.0. The van der Waals surface area contributed by atoms with Crippen LogP contribution in [-0.2, 0) is 4.79 Å². The van der Waals surface area contributed by atoms with Gasteiger partial charge in [0, 0.05) is 5.57 Å². The smallest absolute Gasteiger partial charge is 0.182 e. The quantitative estimate of drug-likeness (QED) is 0.625. The number of hydrogen-bond acceptors (Lipinski definition) is 1. The van der Waals surface area contributed by atoms with Crippen molar-refractivity contribution in [2.75, 3.05) is 0 Å². The Morgan fingerprint density at radius 1 is 1.40 bits per heavy atom. The summed E-state index contributed by atoms with van der Waals surface area (Å²) in [5.41, 5.74) is 3.41. The van der Waals surface area contributed by atoms with Crippen LogP contribution >= 0.6 is 0 Å². The average molecular weight is 204 g/mol. The molecule has 0 aromatic heterocycles. The normalized spacial score (nSPS) is 20.7. The maximum absolute atomic E-state index is 12.0. The second-order valence-corrected chi connectivity index (χ2v) is 4.97. The maximum Gasteiger partial charge on any atom is 0.182 e. The fraction of sp³-hybridized carbons (Fsp3) is 0.500. The Bertz CT molecular complexity index is 365. The zero-order chi connectivity index (χ0) is 11.6. The Balaban J connectivity index is 3.22. The van der Waals surface area contributed by atoms with Crippen molar-refractivity contribution in [1.82, 2.24) is 0 Å². The van der Waals surface area contributed by atoms with Gasteiger partial charge in [-0.3, -0.25) is 4.79 Å². The zero-order valence-electron chi connectivity index (χ0n) is 10.3. The molecule has 0 bridgehead atoms. The Morgan fingerprint density at radius 3 is 2.47 bits per heavy atom. The molecule has 0 aliphatic heterocycles. The summed E-state index contributed by atoms with van der Waals surface area (Å²) in [6.45, 7) is 10.3. The molecule has 1 heteroatoms. The molecule has 0 amide bonds. The zero-order valence-corrected chi connectivity index (χ0v) is 10.3. The van der Waals surface area contributed by atoms with E-state index < -0.39 is 0 Å². The molecule has 0 spiro atoms. The fourth-order valence-electron chi connectivity index (χ4n) is 2.57. The molecule has 15 heavy (non-hydrogen) atoms. The summed E-state index contributed by atoms with van der Waals surface area (Å²) < 4.78 is 0. The molecule has 0 unspecified atom stereocenters. The highest BCUT2D eigenvalue weighted by Gasteiger charge is 2.31. The molecule has 0 saturated heterocycles. The van der Waals surface area contributed by atoms with E-state index in [-0.39, 0.29) is 11.2 Å². The van der Waals surface area contributed by atoms with E-state index in [1.165, 1.54) is 5.57 Å². The SMILES string of the molecule is C/C=C/C(=O)C1=C(C)C=C(C)CC1(C)C. The van der Waals surface area contributed by atoms with Crippen LogP contribution in [0.4, 0.5) is 0 Å². The Labute approximate surface area is 92.6 Å². The second kappa shape index (κ2) is 4.18. The summed E-state index contributed by atoms with van der Waals surface area (Å²) in [7, 11) is 0. The number of allylic oxidation sites excluding steroid dienone is 6. The predicted molar refractivity (Wildman–Crippen MR) is 64.7 cm³/mol. The van der Waals surface area contributed by atoms with Crippen molar-refractivity contribution in [3.63, 3.8) is 0 Å². The van der Waals surface area contributed by atoms with Crippen molar-refractivity contribution in [2.24, 2.45) is 5.41 Å². The summed E-state index contributed by atoms with van der Waals surface area (Å²) in [5, 5.41) is 0. The first-order valence-electron chi connectivity index (χ1n) is 5.44. The third kappa shape index (κ3) is 2.47. The number of ketones is 1. The van der Waals surface area contributed by atoms with E-state index in [0.717, 1.165) is 17.6 Å². The molecule has 0 atom stereocenters. The first kappa shape index (κ1) is 12.0. The van der Waals surface area contributed by atoms with Crippen molar-refractivity contribution >= 4 is 5.78 Å². The third-order valence-electron chi connectivity index (χ3n) is 2.82. The van der Waals surface area contributed by atoms with Crippen molar-refractivity contribution < 1.29 is 4.79 Å². The highest BCUT2D eigenvalue weighted by atomic mass is 16.1. The molecular weight excluding hydrogens is 184 g/mol. The topological polar surface area (TPSA) is 17.1 Å². The molecule has 1 rings (SSSR count). The minimum Gasteiger partial charge on any atom is -0.290 e. The van der Waals surface area contributed by atoms with Gasteiger partial charge in [-0.25, -0.2) is 0 Å². The average Bonchev–Trinajstić information content (AvgIpc) is 1.99. The van der Waals surface area contributed by atoms with Crippen LogP contribution in [0.1, 0.15) is 41.0 Å². The third-order valence-corrected chi connectivity index (χ3v) is 2.82. The van der Waals surface area contributed by atoms with Gasteiger partial charge in [-0.1, -0.05) is 31.6 Å². The van der Waals surface area contributed by atoms with E-state index in [0.29, 0.717) is 0 Å². The molecule has 0 radical (unpaired) electrons. The van der Waals surface area contributed by atoms with Gasteiger partial charge in [0.2, 0.25) is 0 Å². The number of rotatable bonds is 2. The lowest BCUT2D eigenvalue weighted by molar-refractivity contribution is -0.112. The molecule has 0 saturated carbocycles. The van der Waals surface area contributed by atoms with Gasteiger partial charge in [0.15, 0.2) is 5.78 Å². The van der Waals surface area contributed by atoms with Gasteiger partial charge in [-0.15, -0.1) is 0 Å². The summed E-state index contributed by atoms with van der Waals surface area (Å²) in [6.07, 6.45) is 6.57. The molecular formula is C14H20O. The summed E-state index contributed by atoms with van der Waals surface area (Å²) in [5.74, 6) is 0.156. The van der Waals surface area contributed by atoms with Gasteiger partial charge < -0.3 is 0 Å². The van der Waals surface area contributed by atoms with Crippen molar-refractivity contribution in [1.29, 1.82) is 0 Å². The Morgan fingerprint density at radius 2 is 2.00 bits per heavy atom. The highest BCUT2D eigenvalue weighted by Crippen LogP contribution is 2.40. The first-order chi connectivity index (χ1) is 6.88. The Hall–Kier alpha value is -1.11. The predicted octanol–water partition coefficient (Wildman–Crippen LogP) is 3.82. The molecule has 1 nitrogen and oxygen atoms in total. The minimum absolute atomic E-state index is 0.0283. The molecule has 0 N–H and O–H groups in total. The van der Waals surface area contributed by atoms with Crippen LogP contribution in [0, 0.1) is 5.41 Å². The van der Waals surface area contributed by atoms with Gasteiger partial charge in [0.25, 0.3) is 0 Å². The lowest BCUT2D eigenvalue weighted by Crippen LogP contribution is -2.24. The molecule has 0 aromatic carbocycles. The number of carbonyl (C=O) groups excluding carboxylic acids is 1. The minimum atomic E-state index is -0.0283. The van der Waals surface area contributed by atoms with Crippen molar-refractivity contribution in [2.45, 2.75) is 41.0 Å². The largest absolute Gasteiger partial charge is 0.290 e. The monoisotopic (exact) mass is 204 g/mol. The van der Waals surface area contributed by atoms with E-state index in [1.54, 1.807) is 6.08 Å².